The first-order chi connectivity index (χ1) is 17.7. The molecule has 0 saturated carbocycles. The van der Waals surface area contributed by atoms with Crippen molar-refractivity contribution in [2.75, 3.05) is 25.6 Å². The second kappa shape index (κ2) is 13.7. The Bertz CT molecular complexity index is 1140. The van der Waals surface area contributed by atoms with Crippen molar-refractivity contribution in [3.8, 4) is 11.5 Å². The summed E-state index contributed by atoms with van der Waals surface area (Å²) >= 11 is 0. The van der Waals surface area contributed by atoms with E-state index in [9.17, 15) is 39.6 Å². The van der Waals surface area contributed by atoms with Gasteiger partial charge >= 0.3 is 18.5 Å². The maximum Gasteiger partial charge on any atom is 0.573 e. The molecule has 1 N–H and O–H groups in total. The molecule has 2 rings (SSSR count). The zero-order chi connectivity index (χ0) is 28.4. The zero-order valence-corrected chi connectivity index (χ0v) is 20.9. The van der Waals surface area contributed by atoms with Crippen molar-refractivity contribution < 1.29 is 54.1 Å². The van der Waals surface area contributed by atoms with Crippen molar-refractivity contribution in [3.05, 3.63) is 54.1 Å². The molecule has 0 saturated heterocycles. The lowest BCUT2D eigenvalue weighted by atomic mass is 10.2. The molecule has 0 spiro atoms. The minimum Gasteiger partial charge on any atom is -0.493 e. The predicted molar refractivity (Wildman–Crippen MR) is 124 cm³/mol. The van der Waals surface area contributed by atoms with E-state index in [1.807, 2.05) is 0 Å². The maximum atomic E-state index is 13.1. The van der Waals surface area contributed by atoms with E-state index in [4.69, 9.17) is 9.84 Å². The van der Waals surface area contributed by atoms with E-state index in [1.54, 1.807) is 0 Å². The molecule has 0 amide bonds. The number of halogens is 6. The van der Waals surface area contributed by atoms with E-state index in [1.165, 1.54) is 23.1 Å². The van der Waals surface area contributed by atoms with Gasteiger partial charge in [-0.05, 0) is 62.2 Å². The molecule has 0 atom stereocenters. The van der Waals surface area contributed by atoms with E-state index < -0.39 is 45.5 Å². The van der Waals surface area contributed by atoms with Crippen LogP contribution in [0.15, 0.2) is 53.4 Å². The van der Waals surface area contributed by atoms with E-state index in [-0.39, 0.29) is 43.2 Å². The number of carboxylic acids is 1. The number of rotatable bonds is 15. The van der Waals surface area contributed by atoms with Gasteiger partial charge in [-0.15, -0.1) is 13.2 Å². The summed E-state index contributed by atoms with van der Waals surface area (Å²) in [6.07, 6.45) is -8.06. The summed E-state index contributed by atoms with van der Waals surface area (Å²) in [4.78, 5) is 12.0. The van der Waals surface area contributed by atoms with Crippen LogP contribution in [0.5, 0.6) is 11.5 Å². The lowest BCUT2D eigenvalue weighted by molar-refractivity contribution is -0.274. The Labute approximate surface area is 215 Å². The maximum absolute atomic E-state index is 13.1. The van der Waals surface area contributed by atoms with Crippen molar-refractivity contribution in [1.29, 1.82) is 0 Å². The summed E-state index contributed by atoms with van der Waals surface area (Å²) in [7, 11) is -3.99. The Kier molecular flexibility index (Phi) is 11.2. The summed E-state index contributed by atoms with van der Waals surface area (Å²) in [6.45, 7) is 0.237. The first kappa shape index (κ1) is 31.2. The number of nitrogens with zero attached hydrogens (tertiary/aromatic N) is 1. The molecule has 14 heteroatoms. The Morgan fingerprint density at radius 2 is 1.50 bits per heavy atom. The van der Waals surface area contributed by atoms with Gasteiger partial charge in [0.25, 0.3) is 0 Å². The number of benzene rings is 2. The van der Waals surface area contributed by atoms with E-state index >= 15 is 0 Å². The quantitative estimate of drug-likeness (QED) is 0.215. The summed E-state index contributed by atoms with van der Waals surface area (Å²) in [5, 5.41) is 8.74. The van der Waals surface area contributed by atoms with Crippen LogP contribution in [0.4, 0.5) is 26.3 Å². The fourth-order valence-electron chi connectivity index (χ4n) is 3.49. The summed E-state index contributed by atoms with van der Waals surface area (Å²) in [6, 6.07) is 8.42. The lowest BCUT2D eigenvalue weighted by Crippen LogP contribution is -2.32. The number of carboxylic acid groups (broad SMARTS) is 1. The fourth-order valence-corrected chi connectivity index (χ4v) is 4.93. The van der Waals surface area contributed by atoms with Crippen molar-refractivity contribution >= 4 is 15.8 Å². The van der Waals surface area contributed by atoms with E-state index in [2.05, 4.69) is 4.74 Å². The van der Waals surface area contributed by atoms with Gasteiger partial charge in [-0.3, -0.25) is 9.69 Å². The van der Waals surface area contributed by atoms with Crippen LogP contribution in [0.3, 0.4) is 0 Å². The minimum absolute atomic E-state index is 0.0445. The monoisotopic (exact) mass is 571 g/mol. The van der Waals surface area contributed by atoms with Gasteiger partial charge in [0.15, 0.2) is 9.84 Å². The zero-order valence-electron chi connectivity index (χ0n) is 20.1. The largest absolute Gasteiger partial charge is 0.573 e. The number of unbranched alkanes of at least 4 members (excludes halogenated alkanes) is 2. The first-order valence-electron chi connectivity index (χ1n) is 11.5. The molecule has 7 nitrogen and oxygen atoms in total. The average Bonchev–Trinajstić information content (AvgIpc) is 2.80. The number of para-hydroxylation sites is 1. The molecule has 0 fully saturated rings. The van der Waals surface area contributed by atoms with Gasteiger partial charge in [0.05, 0.1) is 17.1 Å². The molecule has 0 radical (unpaired) electrons. The average molecular weight is 572 g/mol. The van der Waals surface area contributed by atoms with E-state index in [0.717, 1.165) is 30.3 Å². The Balaban J connectivity index is 2.03. The molecule has 0 heterocycles. The van der Waals surface area contributed by atoms with Gasteiger partial charge in [0.2, 0.25) is 0 Å². The smallest absolute Gasteiger partial charge is 0.493 e. The molecule has 0 bridgehead atoms. The number of alkyl halides is 6. The SMILES string of the molecule is O=C(O)CCCCCN(CCCOc1ccccc1C(F)(F)F)CS(=O)(=O)c1ccc(OC(F)(F)F)cc1. The molecule has 0 aliphatic rings. The molecule has 0 aliphatic heterocycles. The summed E-state index contributed by atoms with van der Waals surface area (Å²) < 4.78 is 111. The Morgan fingerprint density at radius 3 is 2.11 bits per heavy atom. The fraction of sp³-hybridized carbons (Fsp3) is 0.458. The molecular formula is C24H27F6NO6S. The molecule has 0 aromatic heterocycles. The summed E-state index contributed by atoms with van der Waals surface area (Å²) in [5.74, 6) is -2.40. The number of hydrogen-bond donors (Lipinski definition) is 1. The van der Waals surface area contributed by atoms with Crippen LogP contribution in [-0.2, 0) is 20.8 Å². The van der Waals surface area contributed by atoms with Crippen molar-refractivity contribution in [2.45, 2.75) is 49.5 Å². The van der Waals surface area contributed by atoms with Crippen LogP contribution in [0, 0.1) is 0 Å². The Morgan fingerprint density at radius 1 is 0.868 bits per heavy atom. The number of aliphatic carboxylic acids is 1. The Hall–Kier alpha value is -3.00. The topological polar surface area (TPSA) is 93.1 Å². The number of carbonyl (C=O) groups is 1. The normalized spacial score (nSPS) is 12.5. The van der Waals surface area contributed by atoms with Crippen LogP contribution in [-0.4, -0.2) is 56.3 Å². The lowest BCUT2D eigenvalue weighted by Gasteiger charge is -2.22. The van der Waals surface area contributed by atoms with Gasteiger partial charge in [-0.1, -0.05) is 18.6 Å². The van der Waals surface area contributed by atoms with Gasteiger partial charge < -0.3 is 14.6 Å². The molecule has 0 unspecified atom stereocenters. The highest BCUT2D eigenvalue weighted by Crippen LogP contribution is 2.36. The number of hydrogen-bond acceptors (Lipinski definition) is 6. The van der Waals surface area contributed by atoms with Gasteiger partial charge in [0, 0.05) is 13.0 Å². The molecule has 2 aromatic carbocycles. The van der Waals surface area contributed by atoms with Crippen molar-refractivity contribution in [2.24, 2.45) is 0 Å². The van der Waals surface area contributed by atoms with Crippen LogP contribution < -0.4 is 9.47 Å². The third-order valence-corrected chi connectivity index (χ3v) is 6.90. The highest BCUT2D eigenvalue weighted by Gasteiger charge is 2.34. The van der Waals surface area contributed by atoms with Crippen LogP contribution in [0.2, 0.25) is 0 Å². The van der Waals surface area contributed by atoms with Crippen molar-refractivity contribution in [1.82, 2.24) is 4.90 Å². The standard InChI is InChI=1S/C24H27F6NO6S/c25-23(26,27)20-7-3-4-8-21(20)36-16-6-15-31(14-5-1-2-9-22(32)33)17-38(34,35)19-12-10-18(11-13-19)37-24(28,29)30/h3-4,7-8,10-13H,1-2,5-6,9,14-17H2,(H,32,33). The molecule has 0 aliphatic carbocycles. The van der Waals surface area contributed by atoms with Crippen LogP contribution in [0.1, 0.15) is 37.7 Å². The highest BCUT2D eigenvalue weighted by atomic mass is 32.2. The molecular weight excluding hydrogens is 544 g/mol. The minimum atomic E-state index is -4.93. The predicted octanol–water partition coefficient (Wildman–Crippen LogP) is 5.75. The summed E-state index contributed by atoms with van der Waals surface area (Å²) in [5.41, 5.74) is -0.934. The van der Waals surface area contributed by atoms with E-state index in [0.29, 0.717) is 19.3 Å². The van der Waals surface area contributed by atoms with Crippen LogP contribution >= 0.6 is 0 Å². The molecule has 38 heavy (non-hydrogen) atoms. The molecule has 212 valence electrons. The molecule has 2 aromatic rings. The van der Waals surface area contributed by atoms with Crippen LogP contribution in [0.25, 0.3) is 0 Å². The second-order valence-corrected chi connectivity index (χ2v) is 10.2. The van der Waals surface area contributed by atoms with Gasteiger partial charge in [0.1, 0.15) is 17.4 Å². The number of sulfone groups is 1. The first-order valence-corrected chi connectivity index (χ1v) is 13.1. The highest BCUT2D eigenvalue weighted by molar-refractivity contribution is 7.91. The third-order valence-electron chi connectivity index (χ3n) is 5.20. The second-order valence-electron chi connectivity index (χ2n) is 8.28. The van der Waals surface area contributed by atoms with Crippen molar-refractivity contribution in [3.63, 3.8) is 0 Å². The van der Waals surface area contributed by atoms with Gasteiger partial charge in [-0.2, -0.15) is 13.2 Å². The number of ether oxygens (including phenoxy) is 2. The van der Waals surface area contributed by atoms with Gasteiger partial charge in [-0.25, -0.2) is 8.42 Å². The third kappa shape index (κ3) is 11.2.